The average Bonchev–Trinajstić information content (AvgIpc) is 2.30. The Hall–Kier alpha value is -2.17. The van der Waals surface area contributed by atoms with E-state index in [1.807, 2.05) is 31.1 Å². The van der Waals surface area contributed by atoms with E-state index in [0.29, 0.717) is 0 Å². The molecule has 0 aromatic carbocycles. The van der Waals surface area contributed by atoms with Gasteiger partial charge >= 0.3 is 0 Å². The Labute approximate surface area is 102 Å². The molecule has 1 N–H and O–H groups in total. The van der Waals surface area contributed by atoms with Crippen LogP contribution >= 0.6 is 0 Å². The predicted molar refractivity (Wildman–Crippen MR) is 74.2 cm³/mol. The van der Waals surface area contributed by atoms with Gasteiger partial charge in [0.2, 0.25) is 0 Å². The number of aliphatic imine (C=N–C) groups is 2. The number of pyridine rings is 1. The molecule has 90 valence electrons. The van der Waals surface area contributed by atoms with E-state index in [4.69, 9.17) is 0 Å². The number of hydrogen-bond acceptors (Lipinski definition) is 5. The van der Waals surface area contributed by atoms with E-state index in [2.05, 4.69) is 27.0 Å². The van der Waals surface area contributed by atoms with Crippen LogP contribution in [0.5, 0.6) is 0 Å². The Morgan fingerprint density at radius 2 is 2.24 bits per heavy atom. The van der Waals surface area contributed by atoms with Crippen molar-refractivity contribution in [3.63, 3.8) is 0 Å². The lowest BCUT2D eigenvalue weighted by Crippen LogP contribution is -2.10. The molecule has 0 aliphatic heterocycles. The third-order valence-corrected chi connectivity index (χ3v) is 1.99. The van der Waals surface area contributed by atoms with E-state index >= 15 is 0 Å². The minimum atomic E-state index is 0.766. The van der Waals surface area contributed by atoms with Crippen molar-refractivity contribution in [3.05, 3.63) is 30.2 Å². The van der Waals surface area contributed by atoms with Gasteiger partial charge in [0.25, 0.3) is 0 Å². The maximum Gasteiger partial charge on any atom is 0.128 e. The van der Waals surface area contributed by atoms with Gasteiger partial charge in [0.1, 0.15) is 5.82 Å². The monoisotopic (exact) mass is 231 g/mol. The zero-order valence-electron chi connectivity index (χ0n) is 10.4. The second kappa shape index (κ2) is 6.42. The van der Waals surface area contributed by atoms with Crippen LogP contribution in [0.1, 0.15) is 0 Å². The third-order valence-electron chi connectivity index (χ3n) is 1.99. The lowest BCUT2D eigenvalue weighted by molar-refractivity contribution is 1.07. The molecule has 1 aromatic rings. The summed E-state index contributed by atoms with van der Waals surface area (Å²) in [4.78, 5) is 13.9. The van der Waals surface area contributed by atoms with Gasteiger partial charge in [0, 0.05) is 27.4 Å². The first kappa shape index (κ1) is 12.9. The van der Waals surface area contributed by atoms with Crippen LogP contribution < -0.4 is 10.2 Å². The second-order valence-electron chi connectivity index (χ2n) is 3.58. The summed E-state index contributed by atoms with van der Waals surface area (Å²) in [6, 6.07) is 3.88. The smallest absolute Gasteiger partial charge is 0.128 e. The molecule has 0 spiro atoms. The summed E-state index contributed by atoms with van der Waals surface area (Å²) in [5, 5.41) is 3.14. The number of rotatable bonds is 5. The highest BCUT2D eigenvalue weighted by atomic mass is 15.1. The summed E-state index contributed by atoms with van der Waals surface area (Å²) in [7, 11) is 5.60. The Balaban J connectivity index is 2.80. The van der Waals surface area contributed by atoms with Crippen molar-refractivity contribution in [2.45, 2.75) is 0 Å². The first-order chi connectivity index (χ1) is 8.17. The van der Waals surface area contributed by atoms with Gasteiger partial charge in [-0.05, 0) is 18.9 Å². The number of allylic oxidation sites excluding steroid dienone is 1. The molecule has 1 rings (SSSR count). The molecule has 5 nitrogen and oxygen atoms in total. The topological polar surface area (TPSA) is 52.9 Å². The molecule has 17 heavy (non-hydrogen) atoms. The molecular weight excluding hydrogens is 214 g/mol. The zero-order valence-corrected chi connectivity index (χ0v) is 10.4. The molecule has 1 heterocycles. The van der Waals surface area contributed by atoms with Crippen molar-refractivity contribution < 1.29 is 0 Å². The fourth-order valence-electron chi connectivity index (χ4n) is 1.23. The lowest BCUT2D eigenvalue weighted by Gasteiger charge is -2.12. The second-order valence-corrected chi connectivity index (χ2v) is 3.58. The zero-order chi connectivity index (χ0) is 12.7. The van der Waals surface area contributed by atoms with Gasteiger partial charge in [-0.2, -0.15) is 0 Å². The van der Waals surface area contributed by atoms with E-state index in [0.717, 1.165) is 17.2 Å². The average molecular weight is 231 g/mol. The van der Waals surface area contributed by atoms with Gasteiger partial charge in [0.05, 0.1) is 23.8 Å². The summed E-state index contributed by atoms with van der Waals surface area (Å²) in [6.07, 6.45) is 5.04. The SMILES string of the molecule is C=N/C=C(\C=NC)Nc1ccc(N(C)C)nc1. The number of nitrogens with zero attached hydrogens (tertiary/aromatic N) is 4. The quantitative estimate of drug-likeness (QED) is 0.786. The summed E-state index contributed by atoms with van der Waals surface area (Å²) >= 11 is 0. The third kappa shape index (κ3) is 4.06. The minimum Gasteiger partial charge on any atom is -0.363 e. The minimum absolute atomic E-state index is 0.766. The molecule has 0 aliphatic carbocycles. The van der Waals surface area contributed by atoms with Crippen LogP contribution in [-0.2, 0) is 0 Å². The summed E-state index contributed by atoms with van der Waals surface area (Å²) in [5.74, 6) is 0.909. The Bertz CT molecular complexity index is 417. The highest BCUT2D eigenvalue weighted by Crippen LogP contribution is 2.13. The standard InChI is InChI=1S/C12H17N5/c1-13-7-11(8-14-2)16-10-5-6-12(15-9-10)17(3)4/h5-9,16H,1H2,2-4H3/b11-7+,14-8?. The number of nitrogens with one attached hydrogen (secondary N) is 1. The lowest BCUT2D eigenvalue weighted by atomic mass is 10.3. The molecule has 0 unspecified atom stereocenters. The fraction of sp³-hybridized carbons (Fsp3) is 0.250. The van der Waals surface area contributed by atoms with Crippen LogP contribution in [0.15, 0.2) is 40.2 Å². The Kier molecular flexibility index (Phi) is 4.87. The number of anilines is 2. The Morgan fingerprint density at radius 3 is 2.71 bits per heavy atom. The molecule has 0 radical (unpaired) electrons. The van der Waals surface area contributed by atoms with Crippen molar-refractivity contribution in [2.75, 3.05) is 31.4 Å². The molecule has 0 atom stereocenters. The summed E-state index contributed by atoms with van der Waals surface area (Å²) in [5.41, 5.74) is 1.65. The van der Waals surface area contributed by atoms with Crippen molar-refractivity contribution in [3.8, 4) is 0 Å². The van der Waals surface area contributed by atoms with Crippen LogP contribution in [0.4, 0.5) is 11.5 Å². The van der Waals surface area contributed by atoms with Crippen molar-refractivity contribution in [2.24, 2.45) is 9.98 Å². The van der Waals surface area contributed by atoms with Gasteiger partial charge in [-0.3, -0.25) is 9.98 Å². The maximum atomic E-state index is 4.30. The van der Waals surface area contributed by atoms with Crippen molar-refractivity contribution in [1.29, 1.82) is 0 Å². The summed E-state index contributed by atoms with van der Waals surface area (Å²) in [6.45, 7) is 3.41. The normalized spacial score (nSPS) is 11.6. The molecule has 0 bridgehead atoms. The van der Waals surface area contributed by atoms with E-state index in [1.165, 1.54) is 0 Å². The van der Waals surface area contributed by atoms with Crippen molar-refractivity contribution in [1.82, 2.24) is 4.98 Å². The first-order valence-corrected chi connectivity index (χ1v) is 5.16. The van der Waals surface area contributed by atoms with Gasteiger partial charge in [-0.25, -0.2) is 4.98 Å². The van der Waals surface area contributed by atoms with Gasteiger partial charge in [-0.1, -0.05) is 0 Å². The molecule has 0 saturated heterocycles. The fourth-order valence-corrected chi connectivity index (χ4v) is 1.23. The number of aromatic nitrogens is 1. The van der Waals surface area contributed by atoms with Crippen molar-refractivity contribution >= 4 is 24.4 Å². The van der Waals surface area contributed by atoms with E-state index in [9.17, 15) is 0 Å². The first-order valence-electron chi connectivity index (χ1n) is 5.16. The van der Waals surface area contributed by atoms with E-state index in [-0.39, 0.29) is 0 Å². The van der Waals surface area contributed by atoms with E-state index < -0.39 is 0 Å². The highest BCUT2D eigenvalue weighted by molar-refractivity contribution is 5.83. The van der Waals surface area contributed by atoms with Gasteiger partial charge < -0.3 is 10.2 Å². The highest BCUT2D eigenvalue weighted by Gasteiger charge is 1.98. The predicted octanol–water partition coefficient (Wildman–Crippen LogP) is 1.80. The molecule has 5 heteroatoms. The molecule has 0 saturated carbocycles. The van der Waals surface area contributed by atoms with Gasteiger partial charge in [-0.15, -0.1) is 0 Å². The van der Waals surface area contributed by atoms with Gasteiger partial charge in [0.15, 0.2) is 0 Å². The van der Waals surface area contributed by atoms with Crippen LogP contribution in [0.3, 0.4) is 0 Å². The molecule has 0 fully saturated rings. The van der Waals surface area contributed by atoms with Crippen LogP contribution in [-0.4, -0.2) is 39.1 Å². The molecular formula is C12H17N5. The maximum absolute atomic E-state index is 4.30. The summed E-state index contributed by atoms with van der Waals surface area (Å²) < 4.78 is 0. The van der Waals surface area contributed by atoms with Crippen LogP contribution in [0, 0.1) is 0 Å². The molecule has 0 amide bonds. The Morgan fingerprint density at radius 1 is 1.47 bits per heavy atom. The number of hydrogen-bond donors (Lipinski definition) is 1. The van der Waals surface area contributed by atoms with Crippen LogP contribution in [0.2, 0.25) is 0 Å². The molecule has 0 aliphatic rings. The van der Waals surface area contributed by atoms with E-state index in [1.54, 1.807) is 25.7 Å². The van der Waals surface area contributed by atoms with Crippen LogP contribution in [0.25, 0.3) is 0 Å². The molecule has 1 aromatic heterocycles. The largest absolute Gasteiger partial charge is 0.363 e.